The third kappa shape index (κ3) is 51.5. The van der Waals surface area contributed by atoms with Gasteiger partial charge in [0.15, 0.2) is 12.6 Å². The van der Waals surface area contributed by atoms with Gasteiger partial charge in [0.05, 0.1) is 32.0 Å². The molecule has 1 amide bonds. The highest BCUT2D eigenvalue weighted by Gasteiger charge is 2.51. The highest BCUT2D eigenvalue weighted by Crippen LogP contribution is 2.30. The van der Waals surface area contributed by atoms with Crippen molar-refractivity contribution < 1.29 is 64.6 Å². The van der Waals surface area contributed by atoms with E-state index in [0.29, 0.717) is 12.8 Å². The number of nitrogens with one attached hydrogen (secondary N) is 1. The number of aliphatic hydroxyl groups is 8. The molecule has 12 atom stereocenters. The van der Waals surface area contributed by atoms with Gasteiger partial charge in [0.2, 0.25) is 5.91 Å². The number of hydrogen-bond acceptors (Lipinski definition) is 13. The first-order chi connectivity index (χ1) is 48.6. The molecule has 14 nitrogen and oxygen atoms in total. The van der Waals surface area contributed by atoms with Gasteiger partial charge in [-0.2, -0.15) is 0 Å². The molecular formula is C85H157NO13. The molecule has 2 aliphatic rings. The van der Waals surface area contributed by atoms with Crippen LogP contribution in [-0.4, -0.2) is 140 Å². The lowest BCUT2D eigenvalue weighted by atomic mass is 9.97. The number of ether oxygens (including phenoxy) is 4. The molecule has 2 heterocycles. The maximum atomic E-state index is 13.4. The minimum absolute atomic E-state index is 0.242. The zero-order chi connectivity index (χ0) is 71.5. The topological polar surface area (TPSA) is 228 Å². The SMILES string of the molecule is CCCCCCC/C=C\C/C=C\C/C=C\CCCCCCCCCCCCCCCCCCCCCCCCCCC(=O)NC(COC1OC(CO)C(OC2OC(CO)C(O)C(O)C2O)C(O)C1O)C(O)/C=C/CC/C=C/CCCCCCCCCCCCCCCCCCCCCC. The van der Waals surface area contributed by atoms with Crippen LogP contribution < -0.4 is 5.32 Å². The van der Waals surface area contributed by atoms with E-state index in [0.717, 1.165) is 44.9 Å². The lowest BCUT2D eigenvalue weighted by molar-refractivity contribution is -0.359. The molecule has 0 aliphatic carbocycles. The Balaban J connectivity index is 1.58. The third-order valence-corrected chi connectivity index (χ3v) is 20.4. The summed E-state index contributed by atoms with van der Waals surface area (Å²) in [5, 5.41) is 87.7. The summed E-state index contributed by atoms with van der Waals surface area (Å²) in [5.74, 6) is -0.242. The molecule has 0 aromatic heterocycles. The summed E-state index contributed by atoms with van der Waals surface area (Å²) in [4.78, 5) is 13.4. The van der Waals surface area contributed by atoms with Crippen LogP contribution >= 0.6 is 0 Å². The number of hydrogen-bond donors (Lipinski definition) is 9. The summed E-state index contributed by atoms with van der Waals surface area (Å²) in [6.07, 6.45) is 77.5. The van der Waals surface area contributed by atoms with E-state index >= 15 is 0 Å². The highest BCUT2D eigenvalue weighted by molar-refractivity contribution is 5.76. The monoisotopic (exact) mass is 1400 g/mol. The number of aliphatic hydroxyl groups excluding tert-OH is 8. The maximum absolute atomic E-state index is 13.4. The van der Waals surface area contributed by atoms with Crippen molar-refractivity contribution >= 4 is 5.91 Å². The van der Waals surface area contributed by atoms with Gasteiger partial charge in [-0.3, -0.25) is 4.79 Å². The Kier molecular flexibility index (Phi) is 64.5. The van der Waals surface area contributed by atoms with E-state index in [1.165, 1.54) is 302 Å². The molecule has 2 saturated heterocycles. The van der Waals surface area contributed by atoms with Gasteiger partial charge in [-0.15, -0.1) is 0 Å². The second-order valence-corrected chi connectivity index (χ2v) is 29.6. The van der Waals surface area contributed by atoms with Gasteiger partial charge >= 0.3 is 0 Å². The van der Waals surface area contributed by atoms with Gasteiger partial charge in [-0.25, -0.2) is 0 Å². The minimum Gasteiger partial charge on any atom is -0.394 e. The number of amides is 1. The summed E-state index contributed by atoms with van der Waals surface area (Å²) >= 11 is 0. The lowest BCUT2D eigenvalue weighted by Gasteiger charge is -2.46. The maximum Gasteiger partial charge on any atom is 0.220 e. The zero-order valence-corrected chi connectivity index (χ0v) is 63.7. The summed E-state index contributed by atoms with van der Waals surface area (Å²) in [6.45, 7) is 2.83. The average Bonchev–Trinajstić information content (AvgIpc) is 0.794. The summed E-state index contributed by atoms with van der Waals surface area (Å²) in [7, 11) is 0. The van der Waals surface area contributed by atoms with Crippen molar-refractivity contribution in [3.8, 4) is 0 Å². The molecule has 9 N–H and O–H groups in total. The van der Waals surface area contributed by atoms with E-state index in [1.54, 1.807) is 6.08 Å². The number of rotatable bonds is 71. The standard InChI is InChI=1S/C85H157NO13/c1-3-5-7-9-11-13-15-17-19-21-23-25-27-29-31-32-33-34-35-36-37-38-39-40-41-42-43-45-47-49-51-53-55-57-59-61-63-65-67-69-77(90)86-73(72-96-84-82(95)80(93)83(76(71-88)98-84)99-85-81(94)79(92)78(91)75(70-87)97-85)74(89)68-66-64-62-60-58-56-54-52-50-48-46-44-30-28-26-24-22-20-18-16-14-12-10-8-6-4-2/h15,17,21,23,27,29,58,60,66,68,73-76,78-85,87-89,91-95H,3-14,16,18-20,22,24-26,28,30-57,59,61-65,67,69-72H2,1-2H3,(H,86,90)/b17-15-,23-21-,29-27-,60-58+,68-66+. The molecule has 0 bridgehead atoms. The van der Waals surface area contributed by atoms with Crippen LogP contribution in [0.4, 0.5) is 0 Å². The van der Waals surface area contributed by atoms with Crippen LogP contribution in [0.3, 0.4) is 0 Å². The molecule has 2 rings (SSSR count). The molecule has 2 fully saturated rings. The van der Waals surface area contributed by atoms with Crippen molar-refractivity contribution in [2.45, 2.75) is 453 Å². The van der Waals surface area contributed by atoms with Gasteiger partial charge in [0, 0.05) is 6.42 Å². The van der Waals surface area contributed by atoms with Crippen LogP contribution in [0.2, 0.25) is 0 Å². The molecular weight excluding hydrogens is 1240 g/mol. The van der Waals surface area contributed by atoms with Crippen LogP contribution in [0.25, 0.3) is 0 Å². The minimum atomic E-state index is -1.79. The molecule has 0 saturated carbocycles. The molecule has 12 unspecified atom stereocenters. The summed E-state index contributed by atoms with van der Waals surface area (Å²) in [5.41, 5.74) is 0. The van der Waals surface area contributed by atoms with Crippen LogP contribution in [0.15, 0.2) is 60.8 Å². The Labute approximate surface area is 606 Å². The lowest BCUT2D eigenvalue weighted by Crippen LogP contribution is -2.65. The van der Waals surface area contributed by atoms with E-state index in [4.69, 9.17) is 18.9 Å². The van der Waals surface area contributed by atoms with Crippen molar-refractivity contribution in [3.05, 3.63) is 60.8 Å². The number of unbranched alkanes of at least 4 members (excludes halogenated alkanes) is 50. The fraction of sp³-hybridized carbons (Fsp3) is 0.871. The van der Waals surface area contributed by atoms with Crippen LogP contribution in [-0.2, 0) is 23.7 Å². The van der Waals surface area contributed by atoms with E-state index in [9.17, 15) is 45.6 Å². The smallest absolute Gasteiger partial charge is 0.220 e. The van der Waals surface area contributed by atoms with Crippen molar-refractivity contribution in [1.29, 1.82) is 0 Å². The Hall–Kier alpha value is -2.31. The second kappa shape index (κ2) is 68.8. The average molecular weight is 1400 g/mol. The Bertz CT molecular complexity index is 1900. The molecule has 0 aromatic carbocycles. The first kappa shape index (κ1) is 92.8. The van der Waals surface area contributed by atoms with E-state index in [2.05, 4.69) is 67.8 Å². The molecule has 14 heteroatoms. The quantitative estimate of drug-likeness (QED) is 0.0204. The molecule has 0 radical (unpaired) electrons. The molecule has 99 heavy (non-hydrogen) atoms. The summed E-state index contributed by atoms with van der Waals surface area (Å²) < 4.78 is 22.9. The van der Waals surface area contributed by atoms with Gasteiger partial charge in [-0.1, -0.05) is 364 Å². The molecule has 2 aliphatic heterocycles. The predicted octanol–water partition coefficient (Wildman–Crippen LogP) is 19.5. The summed E-state index contributed by atoms with van der Waals surface area (Å²) in [6, 6.07) is -0.933. The number of carbonyl (C=O) groups is 1. The van der Waals surface area contributed by atoms with Crippen LogP contribution in [0.1, 0.15) is 380 Å². The predicted molar refractivity (Wildman–Crippen MR) is 411 cm³/mol. The van der Waals surface area contributed by atoms with E-state index in [-0.39, 0.29) is 18.9 Å². The first-order valence-electron chi connectivity index (χ1n) is 42.0. The molecule has 580 valence electrons. The van der Waals surface area contributed by atoms with E-state index < -0.39 is 86.8 Å². The Morgan fingerprint density at radius 2 is 0.677 bits per heavy atom. The fourth-order valence-corrected chi connectivity index (χ4v) is 13.8. The van der Waals surface area contributed by atoms with Crippen molar-refractivity contribution in [3.63, 3.8) is 0 Å². The van der Waals surface area contributed by atoms with Gasteiger partial charge < -0.3 is 65.1 Å². The number of allylic oxidation sites excluding steroid dienone is 9. The van der Waals surface area contributed by atoms with Crippen LogP contribution in [0.5, 0.6) is 0 Å². The first-order valence-corrected chi connectivity index (χ1v) is 42.0. The normalized spacial score (nSPS) is 22.2. The zero-order valence-electron chi connectivity index (χ0n) is 63.7. The third-order valence-electron chi connectivity index (χ3n) is 20.4. The van der Waals surface area contributed by atoms with Gasteiger partial charge in [0.25, 0.3) is 0 Å². The second-order valence-electron chi connectivity index (χ2n) is 29.6. The largest absolute Gasteiger partial charge is 0.394 e. The van der Waals surface area contributed by atoms with Gasteiger partial charge in [0.1, 0.15) is 48.8 Å². The van der Waals surface area contributed by atoms with Crippen molar-refractivity contribution in [2.75, 3.05) is 19.8 Å². The Morgan fingerprint density at radius 3 is 1.06 bits per heavy atom. The number of carbonyl (C=O) groups excluding carboxylic acids is 1. The molecule has 0 spiro atoms. The van der Waals surface area contributed by atoms with Gasteiger partial charge in [-0.05, 0) is 70.6 Å². The fourth-order valence-electron chi connectivity index (χ4n) is 13.8. The van der Waals surface area contributed by atoms with Crippen LogP contribution in [0, 0.1) is 0 Å². The molecule has 0 aromatic rings. The van der Waals surface area contributed by atoms with Crippen molar-refractivity contribution in [1.82, 2.24) is 5.32 Å². The highest BCUT2D eigenvalue weighted by atomic mass is 16.7. The Morgan fingerprint density at radius 1 is 0.364 bits per heavy atom. The van der Waals surface area contributed by atoms with E-state index in [1.807, 2.05) is 6.08 Å². The van der Waals surface area contributed by atoms with Crippen molar-refractivity contribution in [2.24, 2.45) is 0 Å².